The molecule has 1 saturated heterocycles. The molecule has 0 bridgehead atoms. The second-order valence-corrected chi connectivity index (χ2v) is 12.0. The first kappa shape index (κ1) is 26.6. The van der Waals surface area contributed by atoms with E-state index in [1.54, 1.807) is 36.1 Å². The number of hydrogen-bond acceptors (Lipinski definition) is 5. The van der Waals surface area contributed by atoms with Gasteiger partial charge in [-0.05, 0) is 68.7 Å². The summed E-state index contributed by atoms with van der Waals surface area (Å²) in [5.74, 6) is -0.183. The molecule has 10 heteroatoms. The summed E-state index contributed by atoms with van der Waals surface area (Å²) in [6, 6.07) is 8.25. The fraction of sp³-hybridized carbons (Fsp3) is 0.458. The molecule has 0 aliphatic carbocycles. The number of rotatable bonds is 7. The summed E-state index contributed by atoms with van der Waals surface area (Å²) in [5, 5.41) is 0. The maximum absolute atomic E-state index is 13.7. The second kappa shape index (κ2) is 10.3. The Morgan fingerprint density at radius 2 is 1.76 bits per heavy atom. The molecule has 1 N–H and O–H groups in total. The van der Waals surface area contributed by atoms with E-state index in [1.165, 1.54) is 13.8 Å². The molecule has 3 rings (SSSR count). The van der Waals surface area contributed by atoms with Crippen molar-refractivity contribution >= 4 is 32.0 Å². The van der Waals surface area contributed by atoms with Crippen LogP contribution in [0.5, 0.6) is 5.75 Å². The van der Waals surface area contributed by atoms with Gasteiger partial charge in [-0.2, -0.15) is 8.42 Å². The first-order valence-corrected chi connectivity index (χ1v) is 13.2. The minimum atomic E-state index is -4.42. The van der Waals surface area contributed by atoms with Gasteiger partial charge in [-0.25, -0.2) is 4.39 Å². The molecule has 1 aliphatic rings. The molecule has 0 saturated carbocycles. The average molecular weight is 557 g/mol. The van der Waals surface area contributed by atoms with Crippen molar-refractivity contribution in [3.8, 4) is 5.75 Å². The van der Waals surface area contributed by atoms with Crippen LogP contribution in [0, 0.1) is 19.7 Å². The summed E-state index contributed by atoms with van der Waals surface area (Å²) in [6.45, 7) is 9.28. The predicted octanol–water partition coefficient (Wildman–Crippen LogP) is 4.05. The summed E-state index contributed by atoms with van der Waals surface area (Å²) < 4.78 is 51.9. The number of halogens is 2. The van der Waals surface area contributed by atoms with E-state index >= 15 is 0 Å². The fourth-order valence-electron chi connectivity index (χ4n) is 3.88. The fourth-order valence-corrected chi connectivity index (χ4v) is 4.67. The van der Waals surface area contributed by atoms with Crippen molar-refractivity contribution in [3.63, 3.8) is 0 Å². The van der Waals surface area contributed by atoms with Gasteiger partial charge in [-0.3, -0.25) is 14.2 Å². The largest absolute Gasteiger partial charge is 0.483 e. The van der Waals surface area contributed by atoms with Gasteiger partial charge in [-0.15, -0.1) is 0 Å². The van der Waals surface area contributed by atoms with E-state index in [2.05, 4.69) is 20.8 Å². The lowest BCUT2D eigenvalue weighted by molar-refractivity contribution is -0.135. The summed E-state index contributed by atoms with van der Waals surface area (Å²) in [7, 11) is -4.42. The van der Waals surface area contributed by atoms with Crippen LogP contribution in [0.15, 0.2) is 34.8 Å². The lowest BCUT2D eigenvalue weighted by atomic mass is 10.0. The topological polar surface area (TPSA) is 87.2 Å². The van der Waals surface area contributed by atoms with Crippen LogP contribution in [0.3, 0.4) is 0 Å². The van der Waals surface area contributed by atoms with Crippen molar-refractivity contribution in [2.24, 2.45) is 0 Å². The number of aryl methyl sites for hydroxylation is 2. The Kier molecular flexibility index (Phi) is 8.07. The Morgan fingerprint density at radius 3 is 2.38 bits per heavy atom. The molecule has 0 radical (unpaired) electrons. The SMILES string of the molecule is Cc1cc(CN2CCN(C(=O)COc3ccc(Br)cc3C(C)(C)S(=O)(=O)O)CC2)c(C)cc1F. The molecule has 0 atom stereocenters. The Morgan fingerprint density at radius 1 is 1.12 bits per heavy atom. The highest BCUT2D eigenvalue weighted by Gasteiger charge is 2.37. The summed E-state index contributed by atoms with van der Waals surface area (Å²) in [6.07, 6.45) is 0. The average Bonchev–Trinajstić information content (AvgIpc) is 2.76. The molecule has 0 unspecified atom stereocenters. The number of carbonyl (C=O) groups excluding carboxylic acids is 1. The van der Waals surface area contributed by atoms with Crippen molar-refractivity contribution < 1.29 is 26.9 Å². The van der Waals surface area contributed by atoms with E-state index in [9.17, 15) is 22.2 Å². The molecule has 0 aromatic heterocycles. The number of ether oxygens (including phenoxy) is 1. The van der Waals surface area contributed by atoms with E-state index in [4.69, 9.17) is 4.74 Å². The number of hydrogen-bond donors (Lipinski definition) is 1. The maximum Gasteiger partial charge on any atom is 0.274 e. The number of benzene rings is 2. The number of carbonyl (C=O) groups is 1. The van der Waals surface area contributed by atoms with Crippen molar-refractivity contribution in [2.75, 3.05) is 32.8 Å². The Labute approximate surface area is 208 Å². The molecule has 1 fully saturated rings. The quantitative estimate of drug-likeness (QED) is 0.517. The van der Waals surface area contributed by atoms with Gasteiger partial charge < -0.3 is 9.64 Å². The molecule has 7 nitrogen and oxygen atoms in total. The molecule has 2 aromatic carbocycles. The van der Waals surface area contributed by atoms with Gasteiger partial charge in [0.15, 0.2) is 6.61 Å². The second-order valence-electron chi connectivity index (χ2n) is 9.10. The zero-order chi connectivity index (χ0) is 25.3. The standard InChI is InChI=1S/C24H30BrFN2O5S/c1-16-12-21(26)17(2)11-18(16)14-27-7-9-28(10-8-27)23(29)15-33-22-6-5-19(25)13-20(22)24(3,4)34(30,31)32/h5-6,11-13H,7-10,14-15H2,1-4H3,(H,30,31,32). The first-order chi connectivity index (χ1) is 15.8. The van der Waals surface area contributed by atoms with Crippen LogP contribution in [0.25, 0.3) is 0 Å². The zero-order valence-corrected chi connectivity index (χ0v) is 22.2. The van der Waals surface area contributed by atoms with Crippen molar-refractivity contribution in [3.05, 3.63) is 62.9 Å². The van der Waals surface area contributed by atoms with Crippen molar-refractivity contribution in [1.82, 2.24) is 9.80 Å². The predicted molar refractivity (Wildman–Crippen MR) is 132 cm³/mol. The van der Waals surface area contributed by atoms with Crippen molar-refractivity contribution in [1.29, 1.82) is 0 Å². The third-order valence-electron chi connectivity index (χ3n) is 6.32. The van der Waals surface area contributed by atoms with Crippen LogP contribution in [-0.4, -0.2) is 61.5 Å². The van der Waals surface area contributed by atoms with Crippen molar-refractivity contribution in [2.45, 2.75) is 39.0 Å². The van der Waals surface area contributed by atoms with E-state index in [1.807, 2.05) is 13.0 Å². The lowest BCUT2D eigenvalue weighted by Crippen LogP contribution is -2.49. The number of piperazine rings is 1. The van der Waals surface area contributed by atoms with Gasteiger partial charge in [0.1, 0.15) is 16.3 Å². The first-order valence-electron chi connectivity index (χ1n) is 10.9. The molecule has 1 heterocycles. The number of amides is 1. The Hall–Kier alpha value is -2.01. The van der Waals surface area contributed by atoms with Gasteiger partial charge in [0.25, 0.3) is 16.0 Å². The van der Waals surface area contributed by atoms with E-state index in [-0.39, 0.29) is 29.6 Å². The molecular weight excluding hydrogens is 527 g/mol. The maximum atomic E-state index is 13.7. The highest BCUT2D eigenvalue weighted by atomic mass is 79.9. The van der Waals surface area contributed by atoms with Gasteiger partial charge in [0.2, 0.25) is 0 Å². The van der Waals surface area contributed by atoms with Crippen LogP contribution in [-0.2, 0) is 26.2 Å². The minimum absolute atomic E-state index is 0.202. The third kappa shape index (κ3) is 5.97. The van der Waals surface area contributed by atoms with E-state index < -0.39 is 14.9 Å². The lowest BCUT2D eigenvalue weighted by Gasteiger charge is -2.35. The minimum Gasteiger partial charge on any atom is -0.483 e. The van der Waals surface area contributed by atoms with E-state index in [0.29, 0.717) is 42.8 Å². The summed E-state index contributed by atoms with van der Waals surface area (Å²) in [5.41, 5.74) is 2.86. The highest BCUT2D eigenvalue weighted by Crippen LogP contribution is 2.37. The molecule has 2 aromatic rings. The molecular formula is C24H30BrFN2O5S. The van der Waals surface area contributed by atoms with E-state index in [0.717, 1.165) is 11.1 Å². The number of nitrogens with zero attached hydrogens (tertiary/aromatic N) is 2. The van der Waals surface area contributed by atoms with Crippen LogP contribution >= 0.6 is 15.9 Å². The zero-order valence-electron chi connectivity index (χ0n) is 19.8. The monoisotopic (exact) mass is 556 g/mol. The molecule has 186 valence electrons. The van der Waals surface area contributed by atoms with Gasteiger partial charge >= 0.3 is 0 Å². The smallest absolute Gasteiger partial charge is 0.274 e. The third-order valence-corrected chi connectivity index (χ3v) is 8.33. The Bertz CT molecular complexity index is 1180. The Balaban J connectivity index is 1.60. The molecule has 1 aliphatic heterocycles. The molecule has 34 heavy (non-hydrogen) atoms. The van der Waals surface area contributed by atoms with Crippen LogP contribution < -0.4 is 4.74 Å². The normalized spacial score (nSPS) is 15.4. The highest BCUT2D eigenvalue weighted by molar-refractivity contribution is 9.10. The van der Waals surface area contributed by atoms with Crippen LogP contribution in [0.4, 0.5) is 4.39 Å². The van der Waals surface area contributed by atoms with Crippen LogP contribution in [0.1, 0.15) is 36.1 Å². The summed E-state index contributed by atoms with van der Waals surface area (Å²) in [4.78, 5) is 16.7. The molecule has 0 spiro atoms. The van der Waals surface area contributed by atoms with Gasteiger partial charge in [0, 0.05) is 42.8 Å². The van der Waals surface area contributed by atoms with Gasteiger partial charge in [-0.1, -0.05) is 22.0 Å². The van der Waals surface area contributed by atoms with Crippen LogP contribution in [0.2, 0.25) is 0 Å². The summed E-state index contributed by atoms with van der Waals surface area (Å²) >= 11 is 3.31. The molecule has 1 amide bonds. The van der Waals surface area contributed by atoms with Gasteiger partial charge in [0.05, 0.1) is 0 Å².